The zero-order valence-corrected chi connectivity index (χ0v) is 19.6. The van der Waals surface area contributed by atoms with Crippen molar-refractivity contribution in [3.63, 3.8) is 0 Å². The zero-order chi connectivity index (χ0) is 24.2. The summed E-state index contributed by atoms with van der Waals surface area (Å²) in [5.41, 5.74) is 3.36. The van der Waals surface area contributed by atoms with E-state index in [1.807, 2.05) is 20.8 Å². The number of fused-ring (bicyclic) bond motifs is 2. The van der Waals surface area contributed by atoms with Gasteiger partial charge < -0.3 is 15.0 Å². The standard InChI is InChI=1S/C26H26F2N4O2/c1-5-32-12-19-16(25(32)33)6-7-29-24(19)31-14(2)17-8-22(28)18(9-21(17)27)23-10-20-15(11-30-23)13-34-26(20,3)4/h6-11,14H,5,12-13H2,1-4H3,(H,29,31). The molecule has 1 aromatic carbocycles. The molecule has 2 aliphatic rings. The van der Waals surface area contributed by atoms with Crippen LogP contribution in [0.3, 0.4) is 0 Å². The quantitative estimate of drug-likeness (QED) is 0.552. The van der Waals surface area contributed by atoms with Gasteiger partial charge in [-0.1, -0.05) is 0 Å². The summed E-state index contributed by atoms with van der Waals surface area (Å²) in [4.78, 5) is 22.9. The van der Waals surface area contributed by atoms with Crippen molar-refractivity contribution < 1.29 is 18.3 Å². The van der Waals surface area contributed by atoms with Crippen molar-refractivity contribution in [2.45, 2.75) is 52.5 Å². The second-order valence-corrected chi connectivity index (χ2v) is 9.25. The van der Waals surface area contributed by atoms with Crippen LogP contribution in [0.4, 0.5) is 14.6 Å². The number of aromatic nitrogens is 2. The van der Waals surface area contributed by atoms with Crippen LogP contribution < -0.4 is 5.32 Å². The first-order valence-electron chi connectivity index (χ1n) is 11.4. The van der Waals surface area contributed by atoms with Crippen molar-refractivity contribution in [1.82, 2.24) is 14.9 Å². The molecule has 2 aromatic heterocycles. The normalized spacial score (nSPS) is 17.0. The predicted octanol–water partition coefficient (Wildman–Crippen LogP) is 5.34. The van der Waals surface area contributed by atoms with Gasteiger partial charge in [-0.25, -0.2) is 13.8 Å². The molecular formula is C26H26F2N4O2. The number of rotatable bonds is 5. The number of ether oxygens (including phenoxy) is 1. The number of carbonyl (C=O) groups excluding carboxylic acids is 1. The molecule has 0 aliphatic carbocycles. The monoisotopic (exact) mass is 464 g/mol. The Kier molecular flexibility index (Phi) is 5.36. The molecule has 8 heteroatoms. The summed E-state index contributed by atoms with van der Waals surface area (Å²) in [6, 6.07) is 5.27. The molecule has 0 fully saturated rings. The van der Waals surface area contributed by atoms with Gasteiger partial charge in [0.1, 0.15) is 17.5 Å². The van der Waals surface area contributed by atoms with Crippen molar-refractivity contribution in [1.29, 1.82) is 0 Å². The molecule has 5 rings (SSSR count). The summed E-state index contributed by atoms with van der Waals surface area (Å²) in [6.07, 6.45) is 3.22. The SMILES string of the molecule is CCN1Cc2c(ccnc2NC(C)c2cc(F)c(-c3cc4c(cn3)COC4(C)C)cc2F)C1=O. The van der Waals surface area contributed by atoms with E-state index in [0.717, 1.165) is 16.7 Å². The van der Waals surface area contributed by atoms with Crippen LogP contribution in [-0.2, 0) is 23.5 Å². The highest BCUT2D eigenvalue weighted by Gasteiger charge is 2.32. The van der Waals surface area contributed by atoms with Crippen LogP contribution in [-0.4, -0.2) is 27.3 Å². The maximum Gasteiger partial charge on any atom is 0.254 e. The number of halogens is 2. The molecule has 0 radical (unpaired) electrons. The predicted molar refractivity (Wildman–Crippen MR) is 124 cm³/mol. The summed E-state index contributed by atoms with van der Waals surface area (Å²) in [7, 11) is 0. The van der Waals surface area contributed by atoms with Gasteiger partial charge in [-0.2, -0.15) is 0 Å². The average Bonchev–Trinajstić information content (AvgIpc) is 3.31. The molecule has 34 heavy (non-hydrogen) atoms. The van der Waals surface area contributed by atoms with E-state index in [1.165, 1.54) is 12.1 Å². The topological polar surface area (TPSA) is 67.3 Å². The summed E-state index contributed by atoms with van der Waals surface area (Å²) < 4.78 is 36.2. The Hall–Kier alpha value is -3.39. The molecule has 3 aromatic rings. The number of benzene rings is 1. The van der Waals surface area contributed by atoms with E-state index in [1.54, 1.807) is 36.4 Å². The summed E-state index contributed by atoms with van der Waals surface area (Å²) in [5, 5.41) is 3.17. The van der Waals surface area contributed by atoms with Crippen LogP contribution in [0.1, 0.15) is 66.3 Å². The maximum absolute atomic E-state index is 15.2. The Morgan fingerprint density at radius 3 is 2.74 bits per heavy atom. The number of hydrogen-bond donors (Lipinski definition) is 1. The number of nitrogens with zero attached hydrogens (tertiary/aromatic N) is 3. The Morgan fingerprint density at radius 2 is 1.97 bits per heavy atom. The van der Waals surface area contributed by atoms with Crippen molar-refractivity contribution >= 4 is 11.7 Å². The Labute approximate surface area is 197 Å². The second kappa shape index (κ2) is 8.13. The van der Waals surface area contributed by atoms with Gasteiger partial charge in [-0.3, -0.25) is 9.78 Å². The van der Waals surface area contributed by atoms with Crippen LogP contribution in [0, 0.1) is 11.6 Å². The van der Waals surface area contributed by atoms with Crippen LogP contribution in [0.25, 0.3) is 11.3 Å². The lowest BCUT2D eigenvalue weighted by Crippen LogP contribution is -2.22. The lowest BCUT2D eigenvalue weighted by molar-refractivity contribution is -0.00789. The van der Waals surface area contributed by atoms with Gasteiger partial charge >= 0.3 is 0 Å². The highest BCUT2D eigenvalue weighted by Crippen LogP contribution is 2.38. The van der Waals surface area contributed by atoms with E-state index < -0.39 is 23.3 Å². The summed E-state index contributed by atoms with van der Waals surface area (Å²) in [5.74, 6) is -0.658. The second-order valence-electron chi connectivity index (χ2n) is 9.25. The van der Waals surface area contributed by atoms with Gasteiger partial charge in [0.2, 0.25) is 0 Å². The number of pyridine rings is 2. The Morgan fingerprint density at radius 1 is 1.18 bits per heavy atom. The van der Waals surface area contributed by atoms with E-state index in [9.17, 15) is 4.79 Å². The molecule has 1 unspecified atom stereocenters. The first-order valence-corrected chi connectivity index (χ1v) is 11.4. The van der Waals surface area contributed by atoms with E-state index in [2.05, 4.69) is 15.3 Å². The number of anilines is 1. The third-order valence-electron chi connectivity index (χ3n) is 6.71. The molecule has 0 saturated carbocycles. The first kappa shape index (κ1) is 22.4. The molecule has 6 nitrogen and oxygen atoms in total. The van der Waals surface area contributed by atoms with Crippen LogP contribution in [0.2, 0.25) is 0 Å². The fourth-order valence-electron chi connectivity index (χ4n) is 4.68. The van der Waals surface area contributed by atoms with Gasteiger partial charge in [0.05, 0.1) is 30.5 Å². The third-order valence-corrected chi connectivity index (χ3v) is 6.71. The highest BCUT2D eigenvalue weighted by atomic mass is 19.1. The molecule has 0 saturated heterocycles. The highest BCUT2D eigenvalue weighted by molar-refractivity contribution is 5.99. The van der Waals surface area contributed by atoms with E-state index in [-0.39, 0.29) is 17.0 Å². The third kappa shape index (κ3) is 3.62. The smallest absolute Gasteiger partial charge is 0.254 e. The fraction of sp³-hybridized carbons (Fsp3) is 0.346. The number of carbonyl (C=O) groups is 1. The number of hydrogen-bond acceptors (Lipinski definition) is 5. The molecule has 4 heterocycles. The van der Waals surface area contributed by atoms with E-state index >= 15 is 8.78 Å². The lowest BCUT2D eigenvalue weighted by atomic mass is 9.95. The summed E-state index contributed by atoms with van der Waals surface area (Å²) in [6.45, 7) is 9.01. The van der Waals surface area contributed by atoms with Gasteiger partial charge in [0.25, 0.3) is 5.91 Å². The molecule has 2 aliphatic heterocycles. The average molecular weight is 465 g/mol. The van der Waals surface area contributed by atoms with Crippen molar-refractivity contribution in [3.05, 3.63) is 76.1 Å². The van der Waals surface area contributed by atoms with E-state index in [4.69, 9.17) is 4.74 Å². The number of amides is 1. The van der Waals surface area contributed by atoms with Crippen molar-refractivity contribution in [3.8, 4) is 11.3 Å². The molecule has 0 spiro atoms. The minimum Gasteiger partial charge on any atom is -0.366 e. The largest absolute Gasteiger partial charge is 0.366 e. The minimum absolute atomic E-state index is 0.0485. The van der Waals surface area contributed by atoms with Crippen LogP contribution in [0.5, 0.6) is 0 Å². The molecule has 0 bridgehead atoms. The molecular weight excluding hydrogens is 438 g/mol. The lowest BCUT2D eigenvalue weighted by Gasteiger charge is -2.20. The molecule has 1 amide bonds. The maximum atomic E-state index is 15.2. The Bertz CT molecular complexity index is 1310. The summed E-state index contributed by atoms with van der Waals surface area (Å²) >= 11 is 0. The van der Waals surface area contributed by atoms with Crippen molar-refractivity contribution in [2.75, 3.05) is 11.9 Å². The number of nitrogens with one attached hydrogen (secondary N) is 1. The van der Waals surface area contributed by atoms with Gasteiger partial charge in [-0.15, -0.1) is 0 Å². The van der Waals surface area contributed by atoms with Gasteiger partial charge in [0.15, 0.2) is 0 Å². The fourth-order valence-corrected chi connectivity index (χ4v) is 4.68. The van der Waals surface area contributed by atoms with E-state index in [0.29, 0.717) is 36.8 Å². The first-order chi connectivity index (χ1) is 16.2. The van der Waals surface area contributed by atoms with Crippen LogP contribution >= 0.6 is 0 Å². The minimum atomic E-state index is -0.575. The Balaban J connectivity index is 1.44. The van der Waals surface area contributed by atoms with Gasteiger partial charge in [-0.05, 0) is 57.5 Å². The molecule has 1 atom stereocenters. The van der Waals surface area contributed by atoms with Crippen molar-refractivity contribution in [2.24, 2.45) is 0 Å². The van der Waals surface area contributed by atoms with Gasteiger partial charge in [0, 0.05) is 46.8 Å². The zero-order valence-electron chi connectivity index (χ0n) is 19.6. The molecule has 1 N–H and O–H groups in total. The molecule has 176 valence electrons. The van der Waals surface area contributed by atoms with Crippen LogP contribution in [0.15, 0.2) is 36.7 Å².